The third-order valence-electron chi connectivity index (χ3n) is 10.5. The number of piperidine rings is 2. The summed E-state index contributed by atoms with van der Waals surface area (Å²) in [6.07, 6.45) is -34.1. The average molecular weight is 1000 g/mol. The highest BCUT2D eigenvalue weighted by Crippen LogP contribution is 2.40. The van der Waals surface area contributed by atoms with E-state index in [1.807, 2.05) is 0 Å². The van der Waals surface area contributed by atoms with Crippen molar-refractivity contribution in [3.63, 3.8) is 0 Å². The molecule has 30 heteroatoms. The van der Waals surface area contributed by atoms with Crippen molar-refractivity contribution in [2.45, 2.75) is 110 Å². The van der Waals surface area contributed by atoms with Crippen LogP contribution in [-0.2, 0) is 57.4 Å². The van der Waals surface area contributed by atoms with E-state index in [-0.39, 0.29) is 0 Å². The van der Waals surface area contributed by atoms with Crippen molar-refractivity contribution < 1.29 is 107 Å². The van der Waals surface area contributed by atoms with Crippen LogP contribution in [0.15, 0.2) is 58.3 Å². The number of halogens is 12. The van der Waals surface area contributed by atoms with Gasteiger partial charge >= 0.3 is 48.3 Å². The number of hydrogen-bond donors (Lipinski definition) is 0. The standard InChI is InChI=1S/C36H32F12N4O12S2/c1-17-3-9-21(10-4-17)65(59,60)63-19-7-13-23(49(15-19)29(55)33(37,38)39)25-27(53)52(32(58)36(46,47)48)26(28(54)51(25)31(57)35(43,44)45)24-14-8-20(16-50(24)30(56)34(40,41)42)64-66(61,62)22-11-5-18(2)6-12-22/h3-6,9-12,19-20,23-26H,7-8,13-16H2,1-2H3. The maximum atomic E-state index is 14.4. The Morgan fingerprint density at radius 3 is 1.02 bits per heavy atom. The van der Waals surface area contributed by atoms with E-state index < -0.39 is 185 Å². The van der Waals surface area contributed by atoms with E-state index in [1.54, 1.807) is 0 Å². The molecule has 3 heterocycles. The molecule has 2 aromatic carbocycles. The van der Waals surface area contributed by atoms with Gasteiger partial charge in [-0.1, -0.05) is 35.4 Å². The van der Waals surface area contributed by atoms with Crippen LogP contribution in [0.3, 0.4) is 0 Å². The van der Waals surface area contributed by atoms with Crippen LogP contribution in [0.2, 0.25) is 0 Å². The molecule has 3 saturated heterocycles. The molecule has 6 unspecified atom stereocenters. The largest absolute Gasteiger partial charge is 0.471 e. The number of hydrogen-bond acceptors (Lipinski definition) is 12. The molecular weight excluding hydrogens is 973 g/mol. The number of aryl methyl sites for hydroxylation is 2. The second-order valence-electron chi connectivity index (χ2n) is 15.1. The summed E-state index contributed by atoms with van der Waals surface area (Å²) in [7, 11) is -9.92. The zero-order chi connectivity index (χ0) is 49.9. The lowest BCUT2D eigenvalue weighted by Crippen LogP contribution is -2.78. The number of amides is 6. The molecule has 16 nitrogen and oxygen atoms in total. The average Bonchev–Trinajstić information content (AvgIpc) is 3.19. The fourth-order valence-corrected chi connectivity index (χ4v) is 9.77. The fraction of sp³-hybridized carbons (Fsp3) is 0.500. The Labute approximate surface area is 364 Å². The van der Waals surface area contributed by atoms with E-state index in [0.29, 0.717) is 11.1 Å². The van der Waals surface area contributed by atoms with E-state index >= 15 is 0 Å². The smallest absolute Gasteiger partial charge is 0.327 e. The van der Waals surface area contributed by atoms with Crippen LogP contribution in [0.1, 0.15) is 36.8 Å². The van der Waals surface area contributed by atoms with Gasteiger partial charge in [-0.3, -0.25) is 46.9 Å². The summed E-state index contributed by atoms with van der Waals surface area (Å²) in [6, 6.07) is -4.50. The molecule has 2 aromatic rings. The monoisotopic (exact) mass is 1000 g/mol. The van der Waals surface area contributed by atoms with Crippen LogP contribution in [0.25, 0.3) is 0 Å². The molecule has 6 amide bonds. The van der Waals surface area contributed by atoms with Crippen molar-refractivity contribution in [1.82, 2.24) is 19.6 Å². The predicted molar refractivity (Wildman–Crippen MR) is 191 cm³/mol. The van der Waals surface area contributed by atoms with Crippen LogP contribution in [0.5, 0.6) is 0 Å². The maximum Gasteiger partial charge on any atom is 0.471 e. The molecule has 6 atom stereocenters. The van der Waals surface area contributed by atoms with Crippen molar-refractivity contribution in [2.24, 2.45) is 0 Å². The zero-order valence-corrected chi connectivity index (χ0v) is 35.0. The summed E-state index contributed by atoms with van der Waals surface area (Å²) in [5, 5.41) is 0. The van der Waals surface area contributed by atoms with E-state index in [4.69, 9.17) is 8.37 Å². The molecule has 0 spiro atoms. The number of rotatable bonds is 8. The van der Waals surface area contributed by atoms with Gasteiger partial charge in [-0.25, -0.2) is 0 Å². The highest BCUT2D eigenvalue weighted by molar-refractivity contribution is 7.87. The molecule has 0 saturated carbocycles. The molecule has 0 aromatic heterocycles. The van der Waals surface area contributed by atoms with Crippen LogP contribution in [0, 0.1) is 13.8 Å². The van der Waals surface area contributed by atoms with Gasteiger partial charge in [0.05, 0.1) is 34.1 Å². The number of piperazine rings is 1. The molecule has 0 aliphatic carbocycles. The SMILES string of the molecule is Cc1ccc(S(=O)(=O)OC2CCC(C3C(=O)N(C(=O)C(F)(F)F)C(C4CCC(OS(=O)(=O)c5ccc(C)cc5)CN4C(=O)C(F)(F)F)C(=O)N3C(=O)C(F)(F)F)N(C(=O)C(F)(F)F)C2)cc1. The van der Waals surface area contributed by atoms with Gasteiger partial charge in [0.1, 0.15) is 12.1 Å². The molecule has 0 N–H and O–H groups in total. The number of imide groups is 2. The summed E-state index contributed by atoms with van der Waals surface area (Å²) in [5.74, 6) is -19.1. The van der Waals surface area contributed by atoms with Gasteiger partial charge in [-0.05, 0) is 63.8 Å². The minimum Gasteiger partial charge on any atom is -0.327 e. The molecule has 0 bridgehead atoms. The van der Waals surface area contributed by atoms with Gasteiger partial charge in [0.2, 0.25) is 0 Å². The minimum absolute atomic E-state index is 0.507. The molecular formula is C36H32F12N4O12S2. The second-order valence-corrected chi connectivity index (χ2v) is 18.2. The van der Waals surface area contributed by atoms with Gasteiger partial charge in [-0.15, -0.1) is 0 Å². The first-order valence-corrected chi connectivity index (χ1v) is 21.5. The molecule has 5 rings (SSSR count). The summed E-state index contributed by atoms with van der Waals surface area (Å²) in [5.41, 5.74) is 1.01. The van der Waals surface area contributed by atoms with Gasteiger partial charge in [0, 0.05) is 13.1 Å². The van der Waals surface area contributed by atoms with Crippen molar-refractivity contribution >= 4 is 55.7 Å². The van der Waals surface area contributed by atoms with E-state index in [9.17, 15) is 98.3 Å². The van der Waals surface area contributed by atoms with Gasteiger partial charge < -0.3 is 9.80 Å². The van der Waals surface area contributed by atoms with Crippen LogP contribution in [0.4, 0.5) is 52.7 Å². The van der Waals surface area contributed by atoms with E-state index in [2.05, 4.69) is 0 Å². The third-order valence-corrected chi connectivity index (χ3v) is 13.3. The predicted octanol–water partition coefficient (Wildman–Crippen LogP) is 3.84. The second kappa shape index (κ2) is 18.0. The Hall–Kier alpha value is -5.36. The third kappa shape index (κ3) is 10.7. The van der Waals surface area contributed by atoms with E-state index in [0.717, 1.165) is 24.3 Å². The summed E-state index contributed by atoms with van der Waals surface area (Å²) in [6.45, 7) is -0.314. The number of carbonyl (C=O) groups excluding carboxylic acids is 6. The Bertz CT molecular complexity index is 2310. The van der Waals surface area contributed by atoms with Gasteiger partial charge in [0.15, 0.2) is 0 Å². The quantitative estimate of drug-likeness (QED) is 0.274. The Balaban J connectivity index is 1.63. The highest BCUT2D eigenvalue weighted by atomic mass is 32.2. The normalized spacial score (nSPS) is 24.1. The molecule has 3 fully saturated rings. The number of carbonyl (C=O) groups is 6. The first-order valence-electron chi connectivity index (χ1n) is 18.7. The van der Waals surface area contributed by atoms with Crippen molar-refractivity contribution in [1.29, 1.82) is 0 Å². The van der Waals surface area contributed by atoms with Crippen LogP contribution in [-0.4, -0.2) is 146 Å². The summed E-state index contributed by atoms with van der Waals surface area (Å²) >= 11 is 0. The molecule has 3 aliphatic heterocycles. The van der Waals surface area contributed by atoms with Gasteiger partial charge in [-0.2, -0.15) is 69.5 Å². The zero-order valence-electron chi connectivity index (χ0n) is 33.4. The van der Waals surface area contributed by atoms with Crippen molar-refractivity contribution in [3.8, 4) is 0 Å². The highest BCUT2D eigenvalue weighted by Gasteiger charge is 2.66. The minimum atomic E-state index is -6.42. The van der Waals surface area contributed by atoms with Crippen LogP contribution >= 0.6 is 0 Å². The molecule has 0 radical (unpaired) electrons. The summed E-state index contributed by atoms with van der Waals surface area (Å²) in [4.78, 5) is 75.6. The number of benzene rings is 2. The Morgan fingerprint density at radius 2 is 0.758 bits per heavy atom. The van der Waals surface area contributed by atoms with E-state index in [1.165, 1.54) is 38.1 Å². The fourth-order valence-electron chi connectivity index (χ4n) is 7.58. The Kier molecular flexibility index (Phi) is 14.1. The number of nitrogens with zero attached hydrogens (tertiary/aromatic N) is 4. The summed E-state index contributed by atoms with van der Waals surface area (Å²) < 4.78 is 233. The number of likely N-dealkylation sites (tertiary alicyclic amines) is 2. The van der Waals surface area contributed by atoms with Crippen molar-refractivity contribution in [2.75, 3.05) is 13.1 Å². The Morgan fingerprint density at radius 1 is 0.485 bits per heavy atom. The lowest BCUT2D eigenvalue weighted by molar-refractivity contribution is -0.213. The van der Waals surface area contributed by atoms with Gasteiger partial charge in [0.25, 0.3) is 32.1 Å². The topological polar surface area (TPSA) is 202 Å². The first kappa shape index (κ1) is 51.6. The number of alkyl halides is 12. The maximum absolute atomic E-state index is 14.4. The first-order chi connectivity index (χ1) is 30.1. The molecule has 364 valence electrons. The lowest BCUT2D eigenvalue weighted by Gasteiger charge is -2.52. The molecule has 66 heavy (non-hydrogen) atoms. The van der Waals surface area contributed by atoms with Crippen LogP contribution < -0.4 is 0 Å². The molecule has 3 aliphatic rings. The van der Waals surface area contributed by atoms with Crippen molar-refractivity contribution in [3.05, 3.63) is 59.7 Å². The lowest BCUT2D eigenvalue weighted by atomic mass is 9.85.